The molecule has 3 aromatic rings. The van der Waals surface area contributed by atoms with Crippen molar-refractivity contribution in [2.45, 2.75) is 20.8 Å². The highest BCUT2D eigenvalue weighted by Gasteiger charge is 2.15. The maximum absolute atomic E-state index is 6.34. The molecule has 120 valence electrons. The predicted octanol–water partition coefficient (Wildman–Crippen LogP) is 6.24. The van der Waals surface area contributed by atoms with E-state index in [-0.39, 0.29) is 0 Å². The first-order chi connectivity index (χ1) is 11.1. The maximum Gasteiger partial charge on any atom is 0.200 e. The van der Waals surface area contributed by atoms with Gasteiger partial charge < -0.3 is 0 Å². The molecule has 3 nitrogen and oxygen atoms in total. The van der Waals surface area contributed by atoms with Crippen LogP contribution in [-0.4, -0.2) is 14.8 Å². The summed E-state index contributed by atoms with van der Waals surface area (Å²) in [6.45, 7) is 5.99. The average Bonchev–Trinajstić information content (AvgIpc) is 2.91. The second-order valence-corrected chi connectivity index (χ2v) is 5.82. The van der Waals surface area contributed by atoms with E-state index in [4.69, 9.17) is 35.4 Å². The molecule has 0 atom stereocenters. The van der Waals surface area contributed by atoms with Gasteiger partial charge in [-0.05, 0) is 49.0 Å². The highest BCUT2D eigenvalue weighted by atomic mass is 35.5. The first-order valence-electron chi connectivity index (χ1n) is 7.27. The third kappa shape index (κ3) is 3.66. The zero-order valence-corrected chi connectivity index (χ0v) is 15.4. The van der Waals surface area contributed by atoms with Crippen LogP contribution in [0.2, 0.25) is 10.0 Å². The number of rotatable bonds is 2. The largest absolute Gasteiger partial charge is 0.267 e. The van der Waals surface area contributed by atoms with Gasteiger partial charge in [0.25, 0.3) is 0 Å². The summed E-state index contributed by atoms with van der Waals surface area (Å²) in [4.78, 5) is 0. The molecule has 0 amide bonds. The van der Waals surface area contributed by atoms with E-state index < -0.39 is 0 Å². The number of nitrogens with zero attached hydrogens (tertiary/aromatic N) is 2. The Balaban J connectivity index is 0.000000924. The number of benzene rings is 2. The van der Waals surface area contributed by atoms with Crippen molar-refractivity contribution in [3.63, 3.8) is 0 Å². The number of aromatic amines is 1. The number of hydrogen-bond acceptors (Lipinski definition) is 2. The quantitative estimate of drug-likeness (QED) is 0.545. The van der Waals surface area contributed by atoms with Crippen LogP contribution in [0.25, 0.3) is 17.1 Å². The Morgan fingerprint density at radius 2 is 1.74 bits per heavy atom. The Labute approximate surface area is 150 Å². The van der Waals surface area contributed by atoms with Crippen molar-refractivity contribution < 1.29 is 0 Å². The summed E-state index contributed by atoms with van der Waals surface area (Å²) in [6.07, 6.45) is 0. The fourth-order valence-corrected chi connectivity index (χ4v) is 2.91. The fourth-order valence-electron chi connectivity index (χ4n) is 2.14. The molecule has 1 N–H and O–H groups in total. The summed E-state index contributed by atoms with van der Waals surface area (Å²) in [5.74, 6) is 0.637. The van der Waals surface area contributed by atoms with Gasteiger partial charge in [0.2, 0.25) is 0 Å². The van der Waals surface area contributed by atoms with Gasteiger partial charge in [-0.2, -0.15) is 5.10 Å². The van der Waals surface area contributed by atoms with Crippen LogP contribution in [0.1, 0.15) is 19.4 Å². The second-order valence-electron chi connectivity index (χ2n) is 4.62. The van der Waals surface area contributed by atoms with Crippen molar-refractivity contribution >= 4 is 35.4 Å². The number of hydrogen-bond donors (Lipinski definition) is 1. The number of halogens is 2. The van der Waals surface area contributed by atoms with Crippen LogP contribution in [0.3, 0.4) is 0 Å². The number of aromatic nitrogens is 3. The number of aryl methyl sites for hydroxylation is 1. The normalized spacial score (nSPS) is 10.1. The van der Waals surface area contributed by atoms with Gasteiger partial charge in [-0.3, -0.25) is 9.67 Å². The first-order valence-corrected chi connectivity index (χ1v) is 8.43. The Kier molecular flexibility index (Phi) is 5.99. The van der Waals surface area contributed by atoms with Gasteiger partial charge in [0.15, 0.2) is 10.6 Å². The second kappa shape index (κ2) is 7.77. The van der Waals surface area contributed by atoms with Crippen molar-refractivity contribution in [2.75, 3.05) is 0 Å². The summed E-state index contributed by atoms with van der Waals surface area (Å²) in [5, 5.41) is 8.32. The van der Waals surface area contributed by atoms with Crippen molar-refractivity contribution in [3.8, 4) is 17.1 Å². The number of H-pyrrole nitrogens is 1. The molecule has 3 rings (SSSR count). The molecule has 23 heavy (non-hydrogen) atoms. The molecule has 0 radical (unpaired) electrons. The minimum Gasteiger partial charge on any atom is -0.267 e. The van der Waals surface area contributed by atoms with E-state index in [1.165, 1.54) is 0 Å². The van der Waals surface area contributed by atoms with Crippen molar-refractivity contribution in [1.82, 2.24) is 14.8 Å². The lowest BCUT2D eigenvalue weighted by Crippen LogP contribution is -1.99. The van der Waals surface area contributed by atoms with Gasteiger partial charge >= 0.3 is 0 Å². The van der Waals surface area contributed by atoms with E-state index >= 15 is 0 Å². The molecular formula is C17H17Cl2N3S. The SMILES string of the molecule is CC.Cc1ccc(-c2n[nH]c(=S)n2-c2ccccc2Cl)c(Cl)c1. The van der Waals surface area contributed by atoms with Gasteiger partial charge in [-0.1, -0.05) is 55.2 Å². The average molecular weight is 366 g/mol. The smallest absolute Gasteiger partial charge is 0.200 e. The third-order valence-corrected chi connectivity index (χ3v) is 4.04. The van der Waals surface area contributed by atoms with Crippen LogP contribution in [0.15, 0.2) is 42.5 Å². The molecule has 6 heteroatoms. The molecule has 0 unspecified atom stereocenters. The van der Waals surface area contributed by atoms with Crippen molar-refractivity contribution in [2.24, 2.45) is 0 Å². The molecule has 1 heterocycles. The van der Waals surface area contributed by atoms with Crippen LogP contribution in [0, 0.1) is 11.7 Å². The van der Waals surface area contributed by atoms with E-state index in [0.717, 1.165) is 16.8 Å². The molecular weight excluding hydrogens is 349 g/mol. The summed E-state index contributed by atoms with van der Waals surface area (Å²) in [6, 6.07) is 13.3. The number of para-hydroxylation sites is 1. The lowest BCUT2D eigenvalue weighted by Gasteiger charge is -2.10. The van der Waals surface area contributed by atoms with E-state index in [1.807, 2.05) is 63.2 Å². The van der Waals surface area contributed by atoms with E-state index in [1.54, 1.807) is 4.57 Å². The van der Waals surface area contributed by atoms with E-state index in [9.17, 15) is 0 Å². The van der Waals surface area contributed by atoms with Gasteiger partial charge in [0.05, 0.1) is 15.7 Å². The van der Waals surface area contributed by atoms with Gasteiger partial charge in [-0.25, -0.2) is 0 Å². The minimum atomic E-state index is 0.467. The predicted molar refractivity (Wildman–Crippen MR) is 100 cm³/mol. The van der Waals surface area contributed by atoms with E-state index in [0.29, 0.717) is 20.6 Å². The molecule has 0 fully saturated rings. The third-order valence-electron chi connectivity index (χ3n) is 3.13. The van der Waals surface area contributed by atoms with Crippen LogP contribution in [-0.2, 0) is 0 Å². The van der Waals surface area contributed by atoms with Gasteiger partial charge in [0, 0.05) is 5.56 Å². The van der Waals surface area contributed by atoms with Crippen molar-refractivity contribution in [1.29, 1.82) is 0 Å². The zero-order valence-electron chi connectivity index (χ0n) is 13.1. The Hall–Kier alpha value is -1.62. The number of nitrogens with one attached hydrogen (secondary N) is 1. The Bertz CT molecular complexity index is 868. The highest BCUT2D eigenvalue weighted by molar-refractivity contribution is 7.71. The topological polar surface area (TPSA) is 33.6 Å². The Morgan fingerprint density at radius 1 is 1.04 bits per heavy atom. The summed E-state index contributed by atoms with van der Waals surface area (Å²) < 4.78 is 2.25. The van der Waals surface area contributed by atoms with Crippen LogP contribution in [0.5, 0.6) is 0 Å². The Morgan fingerprint density at radius 3 is 2.39 bits per heavy atom. The van der Waals surface area contributed by atoms with Crippen LogP contribution < -0.4 is 0 Å². The standard InChI is InChI=1S/C15H11Cl2N3S.C2H6/c1-9-6-7-10(12(17)8-9)14-18-19-15(21)20(14)13-5-3-2-4-11(13)16;1-2/h2-8H,1H3,(H,19,21);1-2H3. The maximum atomic E-state index is 6.34. The summed E-state index contributed by atoms with van der Waals surface area (Å²) in [7, 11) is 0. The van der Waals surface area contributed by atoms with Crippen LogP contribution >= 0.6 is 35.4 Å². The summed E-state index contributed by atoms with van der Waals surface area (Å²) >= 11 is 17.9. The molecule has 0 aliphatic carbocycles. The van der Waals surface area contributed by atoms with Crippen LogP contribution in [0.4, 0.5) is 0 Å². The molecule has 2 aromatic carbocycles. The molecule has 0 aliphatic rings. The molecule has 1 aromatic heterocycles. The van der Waals surface area contributed by atoms with Crippen molar-refractivity contribution in [3.05, 3.63) is 62.8 Å². The van der Waals surface area contributed by atoms with Gasteiger partial charge in [0.1, 0.15) is 0 Å². The molecule has 0 aliphatic heterocycles. The summed E-state index contributed by atoms with van der Waals surface area (Å²) in [5.41, 5.74) is 2.65. The monoisotopic (exact) mass is 365 g/mol. The fraction of sp³-hybridized carbons (Fsp3) is 0.176. The lowest BCUT2D eigenvalue weighted by atomic mass is 10.1. The molecule has 0 spiro atoms. The van der Waals surface area contributed by atoms with Gasteiger partial charge in [-0.15, -0.1) is 0 Å². The lowest BCUT2D eigenvalue weighted by molar-refractivity contribution is 1.04. The minimum absolute atomic E-state index is 0.467. The first kappa shape index (κ1) is 17.7. The van der Waals surface area contributed by atoms with E-state index in [2.05, 4.69) is 10.2 Å². The molecule has 0 bridgehead atoms. The molecule has 0 saturated heterocycles. The zero-order chi connectivity index (χ0) is 17.0. The molecule has 0 saturated carbocycles. The highest BCUT2D eigenvalue weighted by Crippen LogP contribution is 2.31.